The summed E-state index contributed by atoms with van der Waals surface area (Å²) in [6.45, 7) is -0.0415. The van der Waals surface area contributed by atoms with E-state index in [0.29, 0.717) is 22.8 Å². The molecular weight excluding hydrogens is 491 g/mol. The van der Waals surface area contributed by atoms with Gasteiger partial charge in [-0.05, 0) is 42.8 Å². The smallest absolute Gasteiger partial charge is 0.408 e. The van der Waals surface area contributed by atoms with Gasteiger partial charge in [-0.3, -0.25) is 9.78 Å². The maximum absolute atomic E-state index is 14.8. The Balaban J connectivity index is 0.00000324. The van der Waals surface area contributed by atoms with Crippen molar-refractivity contribution in [2.24, 2.45) is 0 Å². The molecule has 0 saturated heterocycles. The van der Waals surface area contributed by atoms with Crippen LogP contribution in [0.15, 0.2) is 59.6 Å². The number of pyridine rings is 1. The number of halogens is 4. The van der Waals surface area contributed by atoms with Crippen LogP contribution in [0.25, 0.3) is 0 Å². The van der Waals surface area contributed by atoms with E-state index in [9.17, 15) is 22.8 Å². The first-order chi connectivity index (χ1) is 15.9. The minimum atomic E-state index is -1.10. The summed E-state index contributed by atoms with van der Waals surface area (Å²) in [6, 6.07) is 9.95. The number of nitrogens with zero attached hydrogens (tertiary/aromatic N) is 1. The van der Waals surface area contributed by atoms with Crippen molar-refractivity contribution < 1.29 is 27.5 Å². The van der Waals surface area contributed by atoms with Crippen molar-refractivity contribution in [3.05, 3.63) is 89.0 Å². The molecule has 1 aliphatic heterocycles. The number of hydrogen-bond donors (Lipinski definition) is 2. The predicted molar refractivity (Wildman–Crippen MR) is 124 cm³/mol. The average molecular weight is 510 g/mol. The number of carbonyl (C=O) groups excluding carboxylic acids is 2. The van der Waals surface area contributed by atoms with E-state index in [1.165, 1.54) is 23.9 Å². The summed E-state index contributed by atoms with van der Waals surface area (Å²) in [7, 11) is 0. The summed E-state index contributed by atoms with van der Waals surface area (Å²) < 4.78 is 46.5. The van der Waals surface area contributed by atoms with E-state index in [4.69, 9.17) is 4.74 Å². The van der Waals surface area contributed by atoms with Crippen LogP contribution < -0.4 is 10.6 Å². The molecule has 1 atom stereocenters. The highest BCUT2D eigenvalue weighted by Gasteiger charge is 2.30. The number of thioether (sulfide) groups is 1. The largest absolute Gasteiger partial charge is 0.443 e. The Labute approximate surface area is 203 Å². The van der Waals surface area contributed by atoms with Gasteiger partial charge in [0.25, 0.3) is 5.91 Å². The Morgan fingerprint density at radius 2 is 1.85 bits per heavy atom. The zero-order valence-electron chi connectivity index (χ0n) is 17.5. The van der Waals surface area contributed by atoms with Crippen molar-refractivity contribution in [1.29, 1.82) is 0 Å². The molecule has 0 radical (unpaired) electrons. The fraction of sp³-hybridized carbons (Fsp3) is 0.174. The summed E-state index contributed by atoms with van der Waals surface area (Å²) in [5, 5.41) is 5.14. The molecule has 178 valence electrons. The third-order valence-corrected chi connectivity index (χ3v) is 6.10. The second-order valence-electron chi connectivity index (χ2n) is 7.15. The zero-order chi connectivity index (χ0) is 23.4. The van der Waals surface area contributed by atoms with E-state index in [2.05, 4.69) is 15.6 Å². The number of amides is 2. The van der Waals surface area contributed by atoms with Crippen molar-refractivity contribution in [1.82, 2.24) is 10.3 Å². The van der Waals surface area contributed by atoms with Gasteiger partial charge in [0.1, 0.15) is 12.4 Å². The highest BCUT2D eigenvalue weighted by molar-refractivity contribution is 7.99. The van der Waals surface area contributed by atoms with Crippen LogP contribution in [0.2, 0.25) is 0 Å². The topological polar surface area (TPSA) is 80.3 Å². The van der Waals surface area contributed by atoms with Gasteiger partial charge < -0.3 is 15.4 Å². The van der Waals surface area contributed by atoms with E-state index in [1.807, 2.05) is 0 Å². The molecule has 0 aliphatic carbocycles. The molecule has 0 fully saturated rings. The predicted octanol–water partition coefficient (Wildman–Crippen LogP) is 5.64. The molecule has 1 aromatic heterocycles. The molecule has 1 aliphatic rings. The van der Waals surface area contributed by atoms with Gasteiger partial charge in [-0.1, -0.05) is 6.07 Å². The first kappa shape index (κ1) is 25.4. The Morgan fingerprint density at radius 1 is 1.06 bits per heavy atom. The van der Waals surface area contributed by atoms with Crippen molar-refractivity contribution in [2.75, 3.05) is 11.1 Å². The van der Waals surface area contributed by atoms with Crippen LogP contribution in [0.4, 0.5) is 23.7 Å². The number of fused-ring (bicyclic) bond motifs is 1. The second-order valence-corrected chi connectivity index (χ2v) is 8.26. The quantitative estimate of drug-likeness (QED) is 0.465. The molecule has 0 bridgehead atoms. The van der Waals surface area contributed by atoms with Gasteiger partial charge in [-0.15, -0.1) is 24.2 Å². The third-order valence-electron chi connectivity index (χ3n) is 4.94. The SMILES string of the molecule is Cl.O=C(N[C@@H]1CCSc2c(C(=O)Nc3ccc(F)c(F)c3)ccc(F)c21)OCc1ccccn1. The Kier molecular flexibility index (Phi) is 8.41. The van der Waals surface area contributed by atoms with Gasteiger partial charge >= 0.3 is 6.09 Å². The van der Waals surface area contributed by atoms with Gasteiger partial charge in [0.15, 0.2) is 11.6 Å². The Hall–Kier alpha value is -3.24. The van der Waals surface area contributed by atoms with Crippen LogP contribution in [0.1, 0.15) is 34.1 Å². The number of ether oxygens (including phenoxy) is 1. The molecule has 34 heavy (non-hydrogen) atoms. The van der Waals surface area contributed by atoms with Gasteiger partial charge in [0, 0.05) is 34.2 Å². The molecule has 4 rings (SSSR count). The van der Waals surface area contributed by atoms with Gasteiger partial charge in [-0.2, -0.15) is 0 Å². The molecule has 0 spiro atoms. The fourth-order valence-electron chi connectivity index (χ4n) is 3.38. The molecule has 3 aromatic rings. The summed E-state index contributed by atoms with van der Waals surface area (Å²) in [5.41, 5.74) is 0.966. The number of hydrogen-bond acceptors (Lipinski definition) is 5. The maximum Gasteiger partial charge on any atom is 0.408 e. The molecule has 2 heterocycles. The molecule has 2 amide bonds. The van der Waals surface area contributed by atoms with Crippen molar-refractivity contribution >= 4 is 41.9 Å². The lowest BCUT2D eigenvalue weighted by atomic mass is 9.99. The molecule has 0 unspecified atom stereocenters. The number of alkyl carbamates (subject to hydrolysis) is 1. The first-order valence-electron chi connectivity index (χ1n) is 9.97. The van der Waals surface area contributed by atoms with E-state index < -0.39 is 35.5 Å². The van der Waals surface area contributed by atoms with E-state index in [-0.39, 0.29) is 35.8 Å². The fourth-order valence-corrected chi connectivity index (χ4v) is 4.65. The molecule has 0 saturated carbocycles. The normalized spacial score (nSPS) is 14.4. The van der Waals surface area contributed by atoms with Gasteiger partial charge in [0.2, 0.25) is 0 Å². The summed E-state index contributed by atoms with van der Waals surface area (Å²) in [6.07, 6.45) is 1.27. The number of aromatic nitrogens is 1. The monoisotopic (exact) mass is 509 g/mol. The van der Waals surface area contributed by atoms with Crippen LogP contribution in [-0.2, 0) is 11.3 Å². The van der Waals surface area contributed by atoms with Crippen molar-refractivity contribution in [3.8, 4) is 0 Å². The van der Waals surface area contributed by atoms with Crippen molar-refractivity contribution in [3.63, 3.8) is 0 Å². The molecule has 6 nitrogen and oxygen atoms in total. The third kappa shape index (κ3) is 5.81. The van der Waals surface area contributed by atoms with E-state index in [1.54, 1.807) is 24.4 Å². The van der Waals surface area contributed by atoms with Crippen LogP contribution in [0, 0.1) is 17.5 Å². The number of benzene rings is 2. The minimum Gasteiger partial charge on any atom is -0.443 e. The summed E-state index contributed by atoms with van der Waals surface area (Å²) >= 11 is 1.28. The zero-order valence-corrected chi connectivity index (χ0v) is 19.2. The first-order valence-corrected chi connectivity index (χ1v) is 11.0. The molecule has 11 heteroatoms. The van der Waals surface area contributed by atoms with Gasteiger partial charge in [0.05, 0.1) is 17.3 Å². The highest BCUT2D eigenvalue weighted by Crippen LogP contribution is 2.40. The highest BCUT2D eigenvalue weighted by atomic mass is 35.5. The van der Waals surface area contributed by atoms with Crippen LogP contribution in [0.5, 0.6) is 0 Å². The number of carbonyl (C=O) groups is 2. The van der Waals surface area contributed by atoms with Gasteiger partial charge in [-0.25, -0.2) is 18.0 Å². The molecule has 2 N–H and O–H groups in total. The molecule has 2 aromatic carbocycles. The maximum atomic E-state index is 14.8. The Bertz CT molecular complexity index is 1200. The average Bonchev–Trinajstić information content (AvgIpc) is 2.81. The van der Waals surface area contributed by atoms with Crippen LogP contribution in [-0.4, -0.2) is 22.7 Å². The second kappa shape index (κ2) is 11.3. The lowest BCUT2D eigenvalue weighted by Gasteiger charge is -2.27. The van der Waals surface area contributed by atoms with Crippen LogP contribution in [0.3, 0.4) is 0 Å². The number of anilines is 1. The lowest BCUT2D eigenvalue weighted by molar-refractivity contribution is 0.102. The minimum absolute atomic E-state index is 0. The molecular formula is C23H19ClF3N3O3S. The van der Waals surface area contributed by atoms with Crippen molar-refractivity contribution in [2.45, 2.75) is 24.0 Å². The standard InChI is InChI=1S/C23H18F3N3O3S.ClH/c24-16-6-4-13(11-18(16)26)28-22(30)15-5-7-17(25)20-19(8-10-33-21(15)20)29-23(31)32-12-14-3-1-2-9-27-14;/h1-7,9,11,19H,8,10,12H2,(H,28,30)(H,29,31);1H/t19-;/m1./s1. The lowest BCUT2D eigenvalue weighted by Crippen LogP contribution is -2.32. The summed E-state index contributed by atoms with van der Waals surface area (Å²) in [5.74, 6) is -2.80. The number of nitrogens with one attached hydrogen (secondary N) is 2. The van der Waals surface area contributed by atoms with E-state index >= 15 is 0 Å². The van der Waals surface area contributed by atoms with Crippen LogP contribution >= 0.6 is 24.2 Å². The Morgan fingerprint density at radius 3 is 2.59 bits per heavy atom. The number of rotatable bonds is 5. The summed E-state index contributed by atoms with van der Waals surface area (Å²) in [4.78, 5) is 29.5. The van der Waals surface area contributed by atoms with E-state index in [0.717, 1.165) is 18.2 Å².